The van der Waals surface area contributed by atoms with Crippen LogP contribution in [0.4, 0.5) is 0 Å². The summed E-state index contributed by atoms with van der Waals surface area (Å²) in [4.78, 5) is 38.1. The summed E-state index contributed by atoms with van der Waals surface area (Å²) in [5.41, 5.74) is 0. The first kappa shape index (κ1) is 68.6. The van der Waals surface area contributed by atoms with Crippen LogP contribution >= 0.6 is 0 Å². The monoisotopic (exact) mass is 997 g/mol. The lowest BCUT2D eigenvalue weighted by Crippen LogP contribution is -2.30. The van der Waals surface area contributed by atoms with E-state index in [2.05, 4.69) is 57.2 Å². The highest BCUT2D eigenvalue weighted by molar-refractivity contribution is 5.71. The van der Waals surface area contributed by atoms with E-state index in [0.717, 1.165) is 83.5 Å². The van der Waals surface area contributed by atoms with Gasteiger partial charge in [0.25, 0.3) is 0 Å². The molecule has 0 bridgehead atoms. The van der Waals surface area contributed by atoms with Crippen LogP contribution in [0, 0.1) is 0 Å². The molecule has 0 heterocycles. The zero-order chi connectivity index (χ0) is 51.4. The molecule has 6 heteroatoms. The quantitative estimate of drug-likeness (QED) is 0.0261. The second kappa shape index (κ2) is 60.2. The Kier molecular flexibility index (Phi) is 58.2. The van der Waals surface area contributed by atoms with Crippen LogP contribution in [-0.4, -0.2) is 37.2 Å². The molecule has 0 spiro atoms. The van der Waals surface area contributed by atoms with E-state index in [1.165, 1.54) is 218 Å². The van der Waals surface area contributed by atoms with E-state index in [1.54, 1.807) is 0 Å². The Labute approximate surface area is 442 Å². The summed E-state index contributed by atoms with van der Waals surface area (Å²) in [6.07, 6.45) is 73.1. The summed E-state index contributed by atoms with van der Waals surface area (Å²) >= 11 is 0. The van der Waals surface area contributed by atoms with Crippen molar-refractivity contribution in [1.82, 2.24) is 0 Å². The first-order chi connectivity index (χ1) is 35.0. The third-order valence-corrected chi connectivity index (χ3v) is 14.1. The average Bonchev–Trinajstić information content (AvgIpc) is 3.37. The number of carbonyl (C=O) groups excluding carboxylic acids is 3. The van der Waals surface area contributed by atoms with Crippen molar-refractivity contribution in [2.75, 3.05) is 13.2 Å². The normalized spacial score (nSPS) is 12.2. The first-order valence-corrected chi connectivity index (χ1v) is 31.5. The Morgan fingerprint density at radius 3 is 0.803 bits per heavy atom. The Morgan fingerprint density at radius 1 is 0.282 bits per heavy atom. The van der Waals surface area contributed by atoms with Gasteiger partial charge in [-0.1, -0.05) is 282 Å². The average molecular weight is 998 g/mol. The van der Waals surface area contributed by atoms with Crippen LogP contribution in [0.1, 0.15) is 342 Å². The fourth-order valence-electron chi connectivity index (χ4n) is 9.35. The van der Waals surface area contributed by atoms with Crippen LogP contribution in [0.2, 0.25) is 0 Å². The second-order valence-corrected chi connectivity index (χ2v) is 21.3. The van der Waals surface area contributed by atoms with Crippen LogP contribution in [0.25, 0.3) is 0 Å². The van der Waals surface area contributed by atoms with Crippen molar-refractivity contribution in [1.29, 1.82) is 0 Å². The first-order valence-electron chi connectivity index (χ1n) is 31.5. The Bertz CT molecular complexity index is 1190. The van der Waals surface area contributed by atoms with E-state index in [9.17, 15) is 14.4 Å². The zero-order valence-electron chi connectivity index (χ0n) is 47.8. The van der Waals surface area contributed by atoms with Gasteiger partial charge in [0.05, 0.1) is 0 Å². The lowest BCUT2D eigenvalue weighted by atomic mass is 10.0. The maximum absolute atomic E-state index is 12.8. The molecule has 0 aliphatic carbocycles. The molecule has 0 rings (SSSR count). The van der Waals surface area contributed by atoms with Crippen molar-refractivity contribution in [2.45, 2.75) is 348 Å². The summed E-state index contributed by atoms with van der Waals surface area (Å²) in [5, 5.41) is 0. The molecule has 0 N–H and O–H groups in total. The summed E-state index contributed by atoms with van der Waals surface area (Å²) in [7, 11) is 0. The van der Waals surface area contributed by atoms with Crippen molar-refractivity contribution < 1.29 is 28.6 Å². The van der Waals surface area contributed by atoms with Crippen molar-refractivity contribution in [3.05, 3.63) is 36.5 Å². The highest BCUT2D eigenvalue weighted by atomic mass is 16.6. The van der Waals surface area contributed by atoms with Crippen molar-refractivity contribution >= 4 is 17.9 Å². The third kappa shape index (κ3) is 58.4. The van der Waals surface area contributed by atoms with Gasteiger partial charge in [0, 0.05) is 19.3 Å². The summed E-state index contributed by atoms with van der Waals surface area (Å²) in [6, 6.07) is 0. The number of ether oxygens (including phenoxy) is 3. The zero-order valence-corrected chi connectivity index (χ0v) is 47.8. The molecule has 416 valence electrons. The Morgan fingerprint density at radius 2 is 0.507 bits per heavy atom. The van der Waals surface area contributed by atoms with Crippen LogP contribution in [0.3, 0.4) is 0 Å². The van der Waals surface area contributed by atoms with Gasteiger partial charge in [-0.15, -0.1) is 0 Å². The number of rotatable bonds is 58. The molecular weight excluding hydrogens is 877 g/mol. The predicted octanol–water partition coefficient (Wildman–Crippen LogP) is 21.2. The van der Waals surface area contributed by atoms with Gasteiger partial charge < -0.3 is 14.2 Å². The molecule has 0 aromatic rings. The van der Waals surface area contributed by atoms with E-state index in [1.807, 2.05) is 0 Å². The molecule has 0 aliphatic rings. The maximum atomic E-state index is 12.8. The topological polar surface area (TPSA) is 78.9 Å². The lowest BCUT2D eigenvalue weighted by Gasteiger charge is -2.18. The molecule has 0 saturated carbocycles. The molecule has 0 saturated heterocycles. The molecule has 0 aromatic carbocycles. The van der Waals surface area contributed by atoms with Gasteiger partial charge in [0.1, 0.15) is 13.2 Å². The van der Waals surface area contributed by atoms with Crippen molar-refractivity contribution in [2.24, 2.45) is 0 Å². The van der Waals surface area contributed by atoms with E-state index >= 15 is 0 Å². The largest absolute Gasteiger partial charge is 0.462 e. The maximum Gasteiger partial charge on any atom is 0.306 e. The van der Waals surface area contributed by atoms with Gasteiger partial charge in [0.15, 0.2) is 6.10 Å². The number of esters is 3. The fraction of sp³-hybridized carbons (Fsp3) is 0.862. The van der Waals surface area contributed by atoms with Gasteiger partial charge in [-0.05, 0) is 77.0 Å². The molecule has 71 heavy (non-hydrogen) atoms. The molecule has 0 fully saturated rings. The number of hydrogen-bond donors (Lipinski definition) is 0. The minimum Gasteiger partial charge on any atom is -0.462 e. The number of unbranched alkanes of at least 4 members (excludes halogenated alkanes) is 41. The molecule has 0 amide bonds. The molecule has 1 atom stereocenters. The lowest BCUT2D eigenvalue weighted by molar-refractivity contribution is -0.167. The third-order valence-electron chi connectivity index (χ3n) is 14.1. The van der Waals surface area contributed by atoms with Crippen LogP contribution in [0.15, 0.2) is 36.5 Å². The Balaban J connectivity index is 4.16. The summed E-state index contributed by atoms with van der Waals surface area (Å²) in [5.74, 6) is -0.870. The Hall–Kier alpha value is -2.37. The standard InChI is InChI=1S/C65H120O6/c1-4-7-10-13-16-19-22-24-26-28-29-30-31-32-33-34-35-36-37-38-40-41-43-46-49-52-55-58-64(67)70-61-62(60-69-63(66)57-54-51-48-45-21-18-15-12-9-6-3)71-65(68)59-56-53-50-47-44-42-39-27-25-23-20-17-14-11-8-5-2/h20,23,27-29,39,62H,4-19,21-22,24-26,30-38,40-61H2,1-3H3/b23-20-,29-28-,39-27-. The smallest absolute Gasteiger partial charge is 0.306 e. The predicted molar refractivity (Wildman–Crippen MR) is 307 cm³/mol. The number of carbonyl (C=O) groups is 3. The van der Waals surface area contributed by atoms with Gasteiger partial charge in [-0.2, -0.15) is 0 Å². The summed E-state index contributed by atoms with van der Waals surface area (Å²) in [6.45, 7) is 6.64. The van der Waals surface area contributed by atoms with Crippen LogP contribution < -0.4 is 0 Å². The molecule has 1 unspecified atom stereocenters. The van der Waals surface area contributed by atoms with Crippen molar-refractivity contribution in [3.8, 4) is 0 Å². The van der Waals surface area contributed by atoms with E-state index < -0.39 is 6.10 Å². The van der Waals surface area contributed by atoms with Gasteiger partial charge >= 0.3 is 17.9 Å². The van der Waals surface area contributed by atoms with Crippen molar-refractivity contribution in [3.63, 3.8) is 0 Å². The van der Waals surface area contributed by atoms with Gasteiger partial charge in [0.2, 0.25) is 0 Å². The minimum absolute atomic E-state index is 0.0737. The minimum atomic E-state index is -0.776. The summed E-state index contributed by atoms with van der Waals surface area (Å²) < 4.78 is 16.9. The van der Waals surface area contributed by atoms with Gasteiger partial charge in [-0.3, -0.25) is 14.4 Å². The van der Waals surface area contributed by atoms with E-state index in [4.69, 9.17) is 14.2 Å². The van der Waals surface area contributed by atoms with E-state index in [0.29, 0.717) is 19.3 Å². The van der Waals surface area contributed by atoms with E-state index in [-0.39, 0.29) is 31.1 Å². The van der Waals surface area contributed by atoms with Crippen LogP contribution in [-0.2, 0) is 28.6 Å². The fourth-order valence-corrected chi connectivity index (χ4v) is 9.35. The molecule has 0 radical (unpaired) electrons. The SMILES string of the molecule is CCCCCC/C=C\C/C=C\CCCCCCCC(=O)OC(COC(=O)CCCCCCCCCCCC)COC(=O)CCCCCCCCCCCCCCCCC/C=C\CCCCCCCCCC. The molecule has 6 nitrogen and oxygen atoms in total. The number of allylic oxidation sites excluding steroid dienone is 6. The van der Waals surface area contributed by atoms with Gasteiger partial charge in [-0.25, -0.2) is 0 Å². The van der Waals surface area contributed by atoms with Crippen LogP contribution in [0.5, 0.6) is 0 Å². The molecule has 0 aliphatic heterocycles. The highest BCUT2D eigenvalue weighted by Crippen LogP contribution is 2.17. The second-order valence-electron chi connectivity index (χ2n) is 21.3. The molecule has 0 aromatic heterocycles. The molecular formula is C65H120O6. The highest BCUT2D eigenvalue weighted by Gasteiger charge is 2.19. The number of hydrogen-bond acceptors (Lipinski definition) is 6.